The van der Waals surface area contributed by atoms with Crippen LogP contribution in [0.4, 0.5) is 11.4 Å². The highest BCUT2D eigenvalue weighted by atomic mass is 32.2. The maximum atomic E-state index is 14.0. The van der Waals surface area contributed by atoms with Crippen molar-refractivity contribution >= 4 is 63.0 Å². The van der Waals surface area contributed by atoms with E-state index < -0.39 is 17.1 Å². The molecular weight excluding hydrogens is 583 g/mol. The minimum Gasteiger partial charge on any atom is -0.497 e. The van der Waals surface area contributed by atoms with E-state index in [1.807, 2.05) is 72.8 Å². The fourth-order valence-electron chi connectivity index (χ4n) is 5.87. The number of rotatable bonds is 6. The molecule has 3 unspecified atom stereocenters. The van der Waals surface area contributed by atoms with Gasteiger partial charge in [0.2, 0.25) is 17.7 Å². The molecule has 0 saturated carbocycles. The number of benzene rings is 4. The van der Waals surface area contributed by atoms with Gasteiger partial charge in [-0.2, -0.15) is 0 Å². The molecule has 8 nitrogen and oxygen atoms in total. The van der Waals surface area contributed by atoms with Crippen molar-refractivity contribution < 1.29 is 19.1 Å². The van der Waals surface area contributed by atoms with Crippen LogP contribution in [0.2, 0.25) is 0 Å². The number of nitrogens with zero attached hydrogens (tertiary/aromatic N) is 2. The number of thioether (sulfide) groups is 1. The van der Waals surface area contributed by atoms with Gasteiger partial charge < -0.3 is 10.1 Å². The number of methoxy groups -OCH3 is 1. The van der Waals surface area contributed by atoms with Crippen LogP contribution in [0.3, 0.4) is 0 Å². The number of anilines is 2. The Labute approximate surface area is 254 Å². The van der Waals surface area contributed by atoms with Gasteiger partial charge in [0.25, 0.3) is 0 Å². The minimum absolute atomic E-state index is 0.215. The molecule has 2 aliphatic heterocycles. The van der Waals surface area contributed by atoms with Crippen molar-refractivity contribution in [3.63, 3.8) is 0 Å². The van der Waals surface area contributed by atoms with Crippen LogP contribution >= 0.6 is 23.1 Å². The molecule has 43 heavy (non-hydrogen) atoms. The van der Waals surface area contributed by atoms with E-state index in [9.17, 15) is 19.2 Å². The second kappa shape index (κ2) is 10.9. The number of nitrogens with one attached hydrogen (secondary N) is 1. The van der Waals surface area contributed by atoms with Gasteiger partial charge in [0.05, 0.1) is 23.7 Å². The van der Waals surface area contributed by atoms with Crippen LogP contribution in [0.5, 0.6) is 5.75 Å². The van der Waals surface area contributed by atoms with Crippen molar-refractivity contribution in [2.24, 2.45) is 5.92 Å². The third kappa shape index (κ3) is 4.72. The van der Waals surface area contributed by atoms with E-state index in [0.717, 1.165) is 27.7 Å². The van der Waals surface area contributed by atoms with Crippen molar-refractivity contribution in [1.29, 1.82) is 0 Å². The summed E-state index contributed by atoms with van der Waals surface area (Å²) < 4.78 is 6.67. The number of aromatic nitrogens is 1. The normalized spacial score (nSPS) is 19.3. The first-order chi connectivity index (χ1) is 20.9. The smallest absolute Gasteiger partial charge is 0.308 e. The maximum Gasteiger partial charge on any atom is 0.308 e. The molecule has 0 spiro atoms. The van der Waals surface area contributed by atoms with E-state index >= 15 is 0 Å². The molecule has 3 heterocycles. The van der Waals surface area contributed by atoms with Gasteiger partial charge in [0, 0.05) is 16.5 Å². The predicted octanol–water partition coefficient (Wildman–Crippen LogP) is 5.51. The molecule has 0 radical (unpaired) electrons. The lowest BCUT2D eigenvalue weighted by Crippen LogP contribution is -2.33. The monoisotopic (exact) mass is 607 g/mol. The van der Waals surface area contributed by atoms with Gasteiger partial charge in [-0.3, -0.25) is 23.7 Å². The molecule has 3 amide bonds. The van der Waals surface area contributed by atoms with E-state index in [-0.39, 0.29) is 29.1 Å². The van der Waals surface area contributed by atoms with Gasteiger partial charge in [-0.05, 0) is 52.7 Å². The second-order valence-electron chi connectivity index (χ2n) is 10.4. The van der Waals surface area contributed by atoms with Crippen LogP contribution in [-0.2, 0) is 20.9 Å². The van der Waals surface area contributed by atoms with Crippen LogP contribution in [0.25, 0.3) is 10.8 Å². The summed E-state index contributed by atoms with van der Waals surface area (Å²) in [5.41, 5.74) is 1.93. The molecule has 1 aromatic heterocycles. The van der Waals surface area contributed by atoms with Gasteiger partial charge in [0.15, 0.2) is 0 Å². The van der Waals surface area contributed by atoms with Crippen LogP contribution in [0, 0.1) is 5.92 Å². The number of ether oxygens (including phenoxy) is 1. The summed E-state index contributed by atoms with van der Waals surface area (Å²) in [5.74, 6) is -1.61. The van der Waals surface area contributed by atoms with Gasteiger partial charge in [-0.25, -0.2) is 4.90 Å². The molecule has 214 valence electrons. The van der Waals surface area contributed by atoms with Crippen molar-refractivity contribution in [2.45, 2.75) is 22.7 Å². The quantitative estimate of drug-likeness (QED) is 0.256. The molecule has 10 heteroatoms. The Morgan fingerprint density at radius 3 is 2.33 bits per heavy atom. The number of hydrogen-bond donors (Lipinski definition) is 1. The Morgan fingerprint density at radius 2 is 1.58 bits per heavy atom. The fraction of sp³-hybridized carbons (Fsp3) is 0.152. The van der Waals surface area contributed by atoms with Crippen LogP contribution in [-0.4, -0.2) is 34.6 Å². The van der Waals surface area contributed by atoms with E-state index in [2.05, 4.69) is 5.32 Å². The summed E-state index contributed by atoms with van der Waals surface area (Å²) in [4.78, 5) is 56.1. The minimum atomic E-state index is -0.754. The number of carbonyl (C=O) groups is 3. The average Bonchev–Trinajstić information content (AvgIpc) is 3.47. The zero-order valence-electron chi connectivity index (χ0n) is 22.9. The van der Waals surface area contributed by atoms with Gasteiger partial charge >= 0.3 is 4.87 Å². The fourth-order valence-corrected chi connectivity index (χ4v) is 8.64. The first-order valence-corrected chi connectivity index (χ1v) is 15.4. The molecule has 3 atom stereocenters. The zero-order valence-corrected chi connectivity index (χ0v) is 24.6. The van der Waals surface area contributed by atoms with Crippen LogP contribution in [0.1, 0.15) is 16.4 Å². The van der Waals surface area contributed by atoms with Gasteiger partial charge in [-0.15, -0.1) is 0 Å². The molecule has 1 saturated heterocycles. The third-order valence-corrected chi connectivity index (χ3v) is 10.5. The molecule has 0 bridgehead atoms. The summed E-state index contributed by atoms with van der Waals surface area (Å²) in [6, 6.07) is 29.8. The van der Waals surface area contributed by atoms with Crippen LogP contribution in [0.15, 0.2) is 107 Å². The highest BCUT2D eigenvalue weighted by Crippen LogP contribution is 2.53. The molecule has 1 N–H and O–H groups in total. The largest absolute Gasteiger partial charge is 0.497 e. The van der Waals surface area contributed by atoms with Gasteiger partial charge in [-0.1, -0.05) is 83.8 Å². The lowest BCUT2D eigenvalue weighted by Gasteiger charge is -2.30. The summed E-state index contributed by atoms with van der Waals surface area (Å²) in [5, 5.41) is 4.75. The lowest BCUT2D eigenvalue weighted by atomic mass is 9.83. The topological polar surface area (TPSA) is 97.7 Å². The molecule has 5 aromatic rings. The number of amides is 3. The maximum absolute atomic E-state index is 14.0. The van der Waals surface area contributed by atoms with E-state index in [0.29, 0.717) is 27.0 Å². The first kappa shape index (κ1) is 27.2. The molecule has 1 fully saturated rings. The third-order valence-electron chi connectivity index (χ3n) is 7.87. The second-order valence-corrected chi connectivity index (χ2v) is 12.5. The Hall–Kier alpha value is -4.67. The SMILES string of the molecule is COc1ccc(N2C(=O)C3Sc4c(sc(=O)n4CC(=O)Nc4ccc5ccccc5c4)C(c4ccccc4)C3C2=O)cc1. The average molecular weight is 608 g/mol. The number of thiazole rings is 1. The predicted molar refractivity (Wildman–Crippen MR) is 168 cm³/mol. The summed E-state index contributed by atoms with van der Waals surface area (Å²) >= 11 is 2.23. The van der Waals surface area contributed by atoms with Crippen LogP contribution < -0.4 is 19.8 Å². The standard InChI is InChI=1S/C33H25N3O5S2/c1-41-24-15-13-23(14-16-24)36-30(38)27-26(20-8-3-2-4-9-20)29-32(42-28(27)31(36)39)35(33(40)43-29)18-25(37)34-22-12-11-19-7-5-6-10-21(19)17-22/h2-17,26-28H,18H2,1H3,(H,34,37). The van der Waals surface area contributed by atoms with E-state index in [1.165, 1.54) is 21.2 Å². The van der Waals surface area contributed by atoms with Crippen molar-refractivity contribution in [3.8, 4) is 5.75 Å². The Bertz CT molecular complexity index is 1950. The molecule has 0 aliphatic carbocycles. The lowest BCUT2D eigenvalue weighted by molar-refractivity contribution is -0.122. The number of carbonyl (C=O) groups excluding carboxylic acids is 3. The van der Waals surface area contributed by atoms with Gasteiger partial charge in [0.1, 0.15) is 17.5 Å². The van der Waals surface area contributed by atoms with Crippen molar-refractivity contribution in [2.75, 3.05) is 17.3 Å². The summed E-state index contributed by atoms with van der Waals surface area (Å²) in [6.45, 7) is -0.215. The highest BCUT2D eigenvalue weighted by molar-refractivity contribution is 8.00. The summed E-state index contributed by atoms with van der Waals surface area (Å²) in [6.07, 6.45) is 0. The highest BCUT2D eigenvalue weighted by Gasteiger charge is 2.56. The number of fused-ring (bicyclic) bond motifs is 3. The zero-order chi connectivity index (χ0) is 29.7. The Kier molecular flexibility index (Phi) is 6.87. The van der Waals surface area contributed by atoms with Crippen molar-refractivity contribution in [3.05, 3.63) is 117 Å². The molecule has 7 rings (SSSR count). The van der Waals surface area contributed by atoms with E-state index in [4.69, 9.17) is 4.74 Å². The number of imide groups is 1. The first-order valence-electron chi connectivity index (χ1n) is 13.7. The molecule has 2 aliphatic rings. The molecule has 4 aromatic carbocycles. The number of hydrogen-bond acceptors (Lipinski definition) is 7. The van der Waals surface area contributed by atoms with Crippen molar-refractivity contribution in [1.82, 2.24) is 4.57 Å². The Morgan fingerprint density at radius 1 is 0.860 bits per heavy atom. The summed E-state index contributed by atoms with van der Waals surface area (Å²) in [7, 11) is 1.55. The van der Waals surface area contributed by atoms with E-state index in [1.54, 1.807) is 31.4 Å². The Balaban J connectivity index is 1.24. The molecular formula is C33H25N3O5S2.